The van der Waals surface area contributed by atoms with Crippen molar-refractivity contribution < 1.29 is 9.53 Å². The molecule has 0 rings (SSSR count). The predicted octanol–water partition coefficient (Wildman–Crippen LogP) is 9.63. The topological polar surface area (TPSA) is 97.7 Å². The van der Waals surface area contributed by atoms with Crippen LogP contribution in [0.25, 0.3) is 0 Å². The number of hydrogen-bond donors (Lipinski definition) is 0. The lowest BCUT2D eigenvalue weighted by atomic mass is 9.91. The monoisotopic (exact) mass is 517 g/mol. The number of nitriles is 3. The van der Waals surface area contributed by atoms with Crippen LogP contribution in [0.15, 0.2) is 0 Å². The van der Waals surface area contributed by atoms with E-state index in [0.717, 1.165) is 56.8 Å². The minimum atomic E-state index is -0.257. The van der Waals surface area contributed by atoms with E-state index in [-0.39, 0.29) is 30.1 Å². The second kappa shape index (κ2) is 28.5. The van der Waals surface area contributed by atoms with Crippen molar-refractivity contribution in [3.63, 3.8) is 0 Å². The molecule has 0 fully saturated rings. The van der Waals surface area contributed by atoms with Crippen LogP contribution in [-0.2, 0) is 9.53 Å². The Morgan fingerprint density at radius 2 is 0.946 bits per heavy atom. The Kier molecular flexibility index (Phi) is 30.4. The molecule has 0 aromatic rings. The van der Waals surface area contributed by atoms with Crippen LogP contribution in [-0.4, -0.2) is 12.6 Å². The molecular formula is C32H59N3O2. The van der Waals surface area contributed by atoms with Crippen molar-refractivity contribution in [1.29, 1.82) is 15.8 Å². The van der Waals surface area contributed by atoms with E-state index in [9.17, 15) is 4.79 Å². The number of ether oxygens (including phenoxy) is 1. The highest BCUT2D eigenvalue weighted by atomic mass is 16.5. The maximum absolute atomic E-state index is 11.2. The highest BCUT2D eigenvalue weighted by molar-refractivity contribution is 5.70. The molecule has 0 bridgehead atoms. The van der Waals surface area contributed by atoms with Crippen LogP contribution in [0.2, 0.25) is 0 Å². The first kappa shape index (κ1) is 39.5. The molecule has 0 spiro atoms. The largest absolute Gasteiger partial charge is 0.466 e. The lowest BCUT2D eigenvalue weighted by Crippen LogP contribution is -2.13. The highest BCUT2D eigenvalue weighted by Gasteiger charge is 2.17. The molecule has 0 amide bonds. The highest BCUT2D eigenvalue weighted by Crippen LogP contribution is 2.20. The third-order valence-electron chi connectivity index (χ3n) is 6.66. The molecule has 0 radical (unpaired) electrons. The molecule has 214 valence electrons. The van der Waals surface area contributed by atoms with Gasteiger partial charge in [-0.15, -0.1) is 0 Å². The Morgan fingerprint density at radius 3 is 1.19 bits per heavy atom. The Balaban J connectivity index is -0.000000478. The van der Waals surface area contributed by atoms with Gasteiger partial charge >= 0.3 is 5.97 Å². The van der Waals surface area contributed by atoms with E-state index in [1.807, 2.05) is 0 Å². The molecule has 0 aliphatic rings. The van der Waals surface area contributed by atoms with Gasteiger partial charge in [-0.25, -0.2) is 0 Å². The number of nitrogens with zero attached hydrogens (tertiary/aromatic N) is 3. The van der Waals surface area contributed by atoms with E-state index < -0.39 is 0 Å². The summed E-state index contributed by atoms with van der Waals surface area (Å²) in [6.45, 7) is 19.5. The molecule has 0 saturated carbocycles. The number of carbonyl (C=O) groups excluding carboxylic acids is 1. The molecule has 0 aliphatic heterocycles. The summed E-state index contributed by atoms with van der Waals surface area (Å²) in [4.78, 5) is 11.2. The summed E-state index contributed by atoms with van der Waals surface area (Å²) in [6.07, 6.45) is 12.4. The normalized spacial score (nSPS) is 14.9. The summed E-state index contributed by atoms with van der Waals surface area (Å²) in [5, 5.41) is 26.3. The zero-order valence-corrected chi connectivity index (χ0v) is 25.8. The Labute approximate surface area is 231 Å². The van der Waals surface area contributed by atoms with Gasteiger partial charge in [0.05, 0.1) is 37.2 Å². The molecule has 0 heterocycles. The quantitative estimate of drug-likeness (QED) is 0.179. The molecule has 0 N–H and O–H groups in total. The van der Waals surface area contributed by atoms with Crippen molar-refractivity contribution in [3.8, 4) is 18.2 Å². The second-order valence-electron chi connectivity index (χ2n) is 10.7. The van der Waals surface area contributed by atoms with Gasteiger partial charge in [-0.05, 0) is 56.8 Å². The average molecular weight is 518 g/mol. The van der Waals surface area contributed by atoms with Gasteiger partial charge in [0.15, 0.2) is 0 Å². The molecular weight excluding hydrogens is 458 g/mol. The first-order valence-corrected chi connectivity index (χ1v) is 15.0. The minimum absolute atomic E-state index is 0.189. The minimum Gasteiger partial charge on any atom is -0.466 e. The summed E-state index contributed by atoms with van der Waals surface area (Å²) in [6, 6.07) is 6.86. The van der Waals surface area contributed by atoms with Gasteiger partial charge < -0.3 is 4.74 Å². The lowest BCUT2D eigenvalue weighted by molar-refractivity contribution is -0.143. The van der Waals surface area contributed by atoms with Crippen LogP contribution in [0, 0.1) is 69.5 Å². The van der Waals surface area contributed by atoms with E-state index in [1.54, 1.807) is 6.92 Å². The van der Waals surface area contributed by atoms with Gasteiger partial charge in [-0.1, -0.05) is 93.9 Å². The van der Waals surface area contributed by atoms with Gasteiger partial charge in [-0.2, -0.15) is 15.8 Å². The Hall–Kier alpha value is -2.06. The molecule has 5 nitrogen and oxygen atoms in total. The van der Waals surface area contributed by atoms with Gasteiger partial charge in [0, 0.05) is 11.8 Å². The van der Waals surface area contributed by atoms with Crippen LogP contribution in [0.5, 0.6) is 0 Å². The maximum atomic E-state index is 11.2. The molecule has 1 unspecified atom stereocenters. The fourth-order valence-corrected chi connectivity index (χ4v) is 4.51. The maximum Gasteiger partial charge on any atom is 0.307 e. The molecule has 37 heavy (non-hydrogen) atoms. The third-order valence-corrected chi connectivity index (χ3v) is 6.66. The second-order valence-corrected chi connectivity index (χ2v) is 10.7. The molecule has 0 aliphatic carbocycles. The lowest BCUT2D eigenvalue weighted by Gasteiger charge is -2.13. The van der Waals surface area contributed by atoms with Crippen molar-refractivity contribution in [1.82, 2.24) is 0 Å². The van der Waals surface area contributed by atoms with Gasteiger partial charge in [0.25, 0.3) is 0 Å². The van der Waals surface area contributed by atoms with Crippen LogP contribution in [0.1, 0.15) is 139 Å². The zero-order chi connectivity index (χ0) is 29.1. The summed E-state index contributed by atoms with van der Waals surface area (Å²) < 4.78 is 4.83. The van der Waals surface area contributed by atoms with Crippen molar-refractivity contribution in [3.05, 3.63) is 0 Å². The molecule has 6 atom stereocenters. The Morgan fingerprint density at radius 1 is 0.622 bits per heavy atom. The predicted molar refractivity (Wildman–Crippen MR) is 155 cm³/mol. The van der Waals surface area contributed by atoms with E-state index in [0.29, 0.717) is 12.5 Å². The molecule has 0 saturated heterocycles. The van der Waals surface area contributed by atoms with Crippen LogP contribution in [0.3, 0.4) is 0 Å². The van der Waals surface area contributed by atoms with E-state index >= 15 is 0 Å². The van der Waals surface area contributed by atoms with E-state index in [2.05, 4.69) is 73.6 Å². The van der Waals surface area contributed by atoms with E-state index in [1.165, 1.54) is 25.7 Å². The summed E-state index contributed by atoms with van der Waals surface area (Å²) in [5.41, 5.74) is 0. The van der Waals surface area contributed by atoms with Crippen molar-refractivity contribution in [2.75, 3.05) is 6.61 Å². The van der Waals surface area contributed by atoms with Crippen LogP contribution in [0.4, 0.5) is 0 Å². The number of hydrogen-bond acceptors (Lipinski definition) is 5. The summed E-state index contributed by atoms with van der Waals surface area (Å²) >= 11 is 0. The summed E-state index contributed by atoms with van der Waals surface area (Å²) in [5.74, 6) is 2.09. The summed E-state index contributed by atoms with van der Waals surface area (Å²) in [7, 11) is 0. The molecule has 0 aromatic carbocycles. The molecule has 0 aromatic heterocycles. The standard InChI is InChI=1S/C12H21NO2.2C10H19N/c1-4-6-10(3)7-11(9-13)8-12(14)15-5-2;2*1-4-6-9(3)7-10(5-2)8-11/h10-11H,4-8H2,1-3H3;2*9-10H,4-7H2,1-3H3/t10-,11?;9-,10+;9-,10-/m111/s1. The number of rotatable bonds is 17. The van der Waals surface area contributed by atoms with Crippen molar-refractivity contribution >= 4 is 5.97 Å². The first-order chi connectivity index (χ1) is 17.6. The first-order valence-electron chi connectivity index (χ1n) is 15.0. The van der Waals surface area contributed by atoms with Gasteiger partial charge in [0.1, 0.15) is 0 Å². The average Bonchev–Trinajstić information content (AvgIpc) is 2.86. The van der Waals surface area contributed by atoms with Crippen molar-refractivity contribution in [2.45, 2.75) is 139 Å². The number of carbonyl (C=O) groups is 1. The van der Waals surface area contributed by atoms with Crippen molar-refractivity contribution in [2.24, 2.45) is 35.5 Å². The van der Waals surface area contributed by atoms with Gasteiger partial charge in [-0.3, -0.25) is 4.79 Å². The molecule has 5 heteroatoms. The zero-order valence-electron chi connectivity index (χ0n) is 25.8. The van der Waals surface area contributed by atoms with E-state index in [4.69, 9.17) is 20.5 Å². The third kappa shape index (κ3) is 26.8. The SMILES string of the molecule is CCC[C@@H](C)CC(C#N)CC(=O)OCC.CCC[C@@H](C)C[C@@H](C#N)CC.CCC[C@@H](C)C[C@H](C#N)CC. The number of esters is 1. The Bertz CT molecular complexity index is 612. The fraction of sp³-hybridized carbons (Fsp3) is 0.875. The fourth-order valence-electron chi connectivity index (χ4n) is 4.51. The smallest absolute Gasteiger partial charge is 0.307 e. The van der Waals surface area contributed by atoms with Gasteiger partial charge in [0.2, 0.25) is 0 Å². The van der Waals surface area contributed by atoms with Crippen LogP contribution < -0.4 is 0 Å². The van der Waals surface area contributed by atoms with Crippen LogP contribution >= 0.6 is 0 Å².